The third kappa shape index (κ3) is 3.20. The molecule has 4 rings (SSSR count). The molecule has 1 aliphatic heterocycles. The summed E-state index contributed by atoms with van der Waals surface area (Å²) in [6.45, 7) is 0. The van der Waals surface area contributed by atoms with Crippen LogP contribution in [0.5, 0.6) is 23.0 Å². The van der Waals surface area contributed by atoms with Crippen LogP contribution in [-0.4, -0.2) is 46.3 Å². The van der Waals surface area contributed by atoms with E-state index in [1.165, 1.54) is 0 Å². The molecule has 6 nitrogen and oxygen atoms in total. The quantitative estimate of drug-likeness (QED) is 0.664. The summed E-state index contributed by atoms with van der Waals surface area (Å²) in [5, 5.41) is 2.24. The van der Waals surface area contributed by atoms with Crippen molar-refractivity contribution in [3.8, 4) is 23.0 Å². The standard InChI is InChI=1S/C23H24N2O4/c1-25(2)23-24-21(15-12-18(26-3)22(28-5)19(13-15)27-4)20-16-9-7-6-8-14(16)10-11-17(20)29-23/h6-13,21H,1-5H3. The first-order chi connectivity index (χ1) is 14.1. The van der Waals surface area contributed by atoms with Gasteiger partial charge in [0.05, 0.1) is 21.3 Å². The largest absolute Gasteiger partial charge is 0.493 e. The van der Waals surface area contributed by atoms with Crippen molar-refractivity contribution in [2.45, 2.75) is 6.04 Å². The summed E-state index contributed by atoms with van der Waals surface area (Å²) in [4.78, 5) is 6.78. The van der Waals surface area contributed by atoms with E-state index in [9.17, 15) is 0 Å². The van der Waals surface area contributed by atoms with Crippen LogP contribution in [0.3, 0.4) is 0 Å². The second kappa shape index (κ2) is 7.54. The van der Waals surface area contributed by atoms with E-state index in [2.05, 4.69) is 18.2 Å². The zero-order valence-electron chi connectivity index (χ0n) is 17.2. The smallest absolute Gasteiger partial charge is 0.293 e. The highest BCUT2D eigenvalue weighted by Gasteiger charge is 2.29. The van der Waals surface area contributed by atoms with E-state index in [0.29, 0.717) is 23.3 Å². The Morgan fingerprint density at radius 2 is 1.59 bits per heavy atom. The Labute approximate surface area is 170 Å². The molecule has 0 bridgehead atoms. The van der Waals surface area contributed by atoms with Gasteiger partial charge in [0.15, 0.2) is 11.5 Å². The van der Waals surface area contributed by atoms with Gasteiger partial charge in [0.1, 0.15) is 11.8 Å². The maximum atomic E-state index is 6.10. The van der Waals surface area contributed by atoms with Crippen molar-refractivity contribution in [3.63, 3.8) is 0 Å². The topological polar surface area (TPSA) is 52.5 Å². The first-order valence-electron chi connectivity index (χ1n) is 9.32. The molecular formula is C23H24N2O4. The molecule has 0 amide bonds. The molecule has 29 heavy (non-hydrogen) atoms. The van der Waals surface area contributed by atoms with E-state index >= 15 is 0 Å². The fraction of sp³-hybridized carbons (Fsp3) is 0.261. The lowest BCUT2D eigenvalue weighted by atomic mass is 9.92. The van der Waals surface area contributed by atoms with Gasteiger partial charge in [-0.25, -0.2) is 4.99 Å². The van der Waals surface area contributed by atoms with Crippen LogP contribution >= 0.6 is 0 Å². The van der Waals surface area contributed by atoms with E-state index in [1.807, 2.05) is 49.3 Å². The van der Waals surface area contributed by atoms with Crippen molar-refractivity contribution in [3.05, 3.63) is 59.7 Å². The van der Waals surface area contributed by atoms with Crippen molar-refractivity contribution >= 4 is 16.8 Å². The zero-order valence-corrected chi connectivity index (χ0v) is 17.2. The monoisotopic (exact) mass is 392 g/mol. The maximum Gasteiger partial charge on any atom is 0.293 e. The van der Waals surface area contributed by atoms with Crippen molar-refractivity contribution in [1.29, 1.82) is 0 Å². The second-order valence-electron chi connectivity index (χ2n) is 6.97. The molecule has 150 valence electrons. The summed E-state index contributed by atoms with van der Waals surface area (Å²) >= 11 is 0. The lowest BCUT2D eigenvalue weighted by molar-refractivity contribution is 0.323. The summed E-state index contributed by atoms with van der Waals surface area (Å²) in [5.74, 6) is 2.54. The third-order valence-corrected chi connectivity index (χ3v) is 5.03. The Bertz CT molecular complexity index is 1070. The van der Waals surface area contributed by atoms with Crippen LogP contribution in [-0.2, 0) is 0 Å². The summed E-state index contributed by atoms with van der Waals surface area (Å²) in [7, 11) is 8.65. The predicted octanol–water partition coefficient (Wildman–Crippen LogP) is 4.27. The maximum absolute atomic E-state index is 6.10. The minimum atomic E-state index is -0.282. The molecule has 0 saturated heterocycles. The molecule has 1 aliphatic rings. The number of benzene rings is 3. The third-order valence-electron chi connectivity index (χ3n) is 5.03. The minimum absolute atomic E-state index is 0.282. The van der Waals surface area contributed by atoms with Gasteiger partial charge >= 0.3 is 0 Å². The van der Waals surface area contributed by atoms with Crippen LogP contribution in [0.15, 0.2) is 53.5 Å². The molecule has 6 heteroatoms. The Balaban J connectivity index is 1.99. The van der Waals surface area contributed by atoms with Crippen LogP contribution in [0.4, 0.5) is 0 Å². The van der Waals surface area contributed by atoms with Gasteiger partial charge in [0.25, 0.3) is 6.02 Å². The number of nitrogens with zero attached hydrogens (tertiary/aromatic N) is 2. The van der Waals surface area contributed by atoms with Gasteiger partial charge in [-0.1, -0.05) is 30.3 Å². The van der Waals surface area contributed by atoms with Crippen molar-refractivity contribution in [2.24, 2.45) is 4.99 Å². The molecule has 0 radical (unpaired) electrons. The first kappa shape index (κ1) is 18.9. The summed E-state index contributed by atoms with van der Waals surface area (Å²) in [6.07, 6.45) is 0. The van der Waals surface area contributed by atoms with Crippen LogP contribution in [0.1, 0.15) is 17.2 Å². The van der Waals surface area contributed by atoms with E-state index in [1.54, 1.807) is 21.3 Å². The molecular weight excluding hydrogens is 368 g/mol. The molecule has 0 aliphatic carbocycles. The number of aliphatic imine (C=N–C) groups is 1. The van der Waals surface area contributed by atoms with E-state index in [4.69, 9.17) is 23.9 Å². The highest BCUT2D eigenvalue weighted by molar-refractivity contribution is 5.91. The average Bonchev–Trinajstić information content (AvgIpc) is 2.76. The molecule has 0 N–H and O–H groups in total. The molecule has 0 fully saturated rings. The highest BCUT2D eigenvalue weighted by atomic mass is 16.5. The van der Waals surface area contributed by atoms with Crippen LogP contribution < -0.4 is 18.9 Å². The van der Waals surface area contributed by atoms with Crippen molar-refractivity contribution in [1.82, 2.24) is 4.90 Å². The van der Waals surface area contributed by atoms with Gasteiger partial charge in [-0.2, -0.15) is 0 Å². The fourth-order valence-electron chi connectivity index (χ4n) is 3.65. The number of methoxy groups -OCH3 is 3. The van der Waals surface area contributed by atoms with Gasteiger partial charge in [0.2, 0.25) is 5.75 Å². The Morgan fingerprint density at radius 3 is 2.21 bits per heavy atom. The molecule has 1 unspecified atom stereocenters. The lowest BCUT2D eigenvalue weighted by Gasteiger charge is -2.29. The average molecular weight is 392 g/mol. The number of fused-ring (bicyclic) bond motifs is 3. The molecule has 0 saturated carbocycles. The number of rotatable bonds is 4. The SMILES string of the molecule is COc1cc(C2N=C(N(C)C)Oc3ccc4ccccc4c32)cc(OC)c1OC. The highest BCUT2D eigenvalue weighted by Crippen LogP contribution is 2.46. The van der Waals surface area contributed by atoms with E-state index in [-0.39, 0.29) is 6.04 Å². The van der Waals surface area contributed by atoms with E-state index in [0.717, 1.165) is 27.6 Å². The van der Waals surface area contributed by atoms with Gasteiger partial charge in [-0.05, 0) is 34.5 Å². The first-order valence-corrected chi connectivity index (χ1v) is 9.32. The number of hydrogen-bond donors (Lipinski definition) is 0. The van der Waals surface area contributed by atoms with Crippen LogP contribution in [0, 0.1) is 0 Å². The van der Waals surface area contributed by atoms with E-state index < -0.39 is 0 Å². The van der Waals surface area contributed by atoms with Gasteiger partial charge < -0.3 is 23.8 Å². The normalized spacial score (nSPS) is 15.2. The van der Waals surface area contributed by atoms with Crippen molar-refractivity contribution in [2.75, 3.05) is 35.4 Å². The Hall–Kier alpha value is -3.41. The lowest BCUT2D eigenvalue weighted by Crippen LogP contribution is -2.31. The van der Waals surface area contributed by atoms with Gasteiger partial charge in [0, 0.05) is 19.7 Å². The van der Waals surface area contributed by atoms with Gasteiger partial charge in [-0.3, -0.25) is 0 Å². The number of ether oxygens (including phenoxy) is 4. The number of amidine groups is 1. The minimum Gasteiger partial charge on any atom is -0.493 e. The molecule has 0 aromatic heterocycles. The summed E-state index contributed by atoms with van der Waals surface area (Å²) < 4.78 is 22.7. The molecule has 0 spiro atoms. The fourth-order valence-corrected chi connectivity index (χ4v) is 3.65. The Morgan fingerprint density at radius 1 is 0.897 bits per heavy atom. The molecule has 3 aromatic carbocycles. The van der Waals surface area contributed by atoms with Crippen LogP contribution in [0.2, 0.25) is 0 Å². The predicted molar refractivity (Wildman–Crippen MR) is 114 cm³/mol. The Kier molecular flexibility index (Phi) is 4.92. The van der Waals surface area contributed by atoms with Crippen LogP contribution in [0.25, 0.3) is 10.8 Å². The van der Waals surface area contributed by atoms with Gasteiger partial charge in [-0.15, -0.1) is 0 Å². The molecule has 3 aromatic rings. The molecule has 1 atom stereocenters. The molecule has 1 heterocycles. The summed E-state index contributed by atoms with van der Waals surface area (Å²) in [6, 6.07) is 16.5. The van der Waals surface area contributed by atoms with Crippen molar-refractivity contribution < 1.29 is 18.9 Å². The summed E-state index contributed by atoms with van der Waals surface area (Å²) in [5.41, 5.74) is 1.95. The zero-order chi connectivity index (χ0) is 20.5. The second-order valence-corrected chi connectivity index (χ2v) is 6.97. The number of hydrogen-bond acceptors (Lipinski definition) is 6.